The summed E-state index contributed by atoms with van der Waals surface area (Å²) in [6.07, 6.45) is 4.80. The molecule has 2 N–H and O–H groups in total. The lowest BCUT2D eigenvalue weighted by atomic mass is 9.81. The lowest BCUT2D eigenvalue weighted by Crippen LogP contribution is -2.50. The highest BCUT2D eigenvalue weighted by Crippen LogP contribution is 2.37. The number of urea groups is 1. The van der Waals surface area contributed by atoms with Crippen LogP contribution in [0, 0.1) is 13.8 Å². The van der Waals surface area contributed by atoms with E-state index in [-0.39, 0.29) is 6.03 Å². The summed E-state index contributed by atoms with van der Waals surface area (Å²) in [6.45, 7) is 4.10. The Hall–Kier alpha value is -3.22. The molecule has 0 atom stereocenters. The van der Waals surface area contributed by atoms with Crippen LogP contribution < -0.4 is 10.6 Å². The van der Waals surface area contributed by atoms with Crippen LogP contribution in [-0.2, 0) is 5.54 Å². The van der Waals surface area contributed by atoms with E-state index in [0.717, 1.165) is 54.6 Å². The van der Waals surface area contributed by atoms with Gasteiger partial charge in [-0.1, -0.05) is 55.7 Å². The number of nitrogens with one attached hydrogen (secondary N) is 2. The second-order valence-corrected chi connectivity index (χ2v) is 7.74. The lowest BCUT2D eigenvalue weighted by molar-refractivity contribution is 0.204. The number of hydrogen-bond acceptors (Lipinski definition) is 4. The number of aromatic nitrogens is 4. The van der Waals surface area contributed by atoms with Crippen LogP contribution in [0.15, 0.2) is 48.5 Å². The van der Waals surface area contributed by atoms with Crippen molar-refractivity contribution in [2.45, 2.75) is 51.5 Å². The minimum Gasteiger partial charge on any atom is -0.325 e. The Morgan fingerprint density at radius 1 is 0.966 bits per heavy atom. The molecule has 0 bridgehead atoms. The third-order valence-electron chi connectivity index (χ3n) is 5.64. The first-order valence-corrected chi connectivity index (χ1v) is 10.1. The fraction of sp³-hybridized carbons (Fsp3) is 0.364. The monoisotopic (exact) mass is 390 g/mol. The van der Waals surface area contributed by atoms with Crippen molar-refractivity contribution in [2.24, 2.45) is 0 Å². The fourth-order valence-electron chi connectivity index (χ4n) is 4.24. The van der Waals surface area contributed by atoms with Gasteiger partial charge >= 0.3 is 6.03 Å². The summed E-state index contributed by atoms with van der Waals surface area (Å²) in [5, 5.41) is 18.8. The third kappa shape index (κ3) is 3.85. The second kappa shape index (κ2) is 8.03. The highest BCUT2D eigenvalue weighted by Gasteiger charge is 2.41. The number of para-hydroxylation sites is 2. The van der Waals surface area contributed by atoms with Gasteiger partial charge in [-0.2, -0.15) is 4.68 Å². The number of anilines is 1. The summed E-state index contributed by atoms with van der Waals surface area (Å²) in [5.74, 6) is 0.692. The molecule has 0 aliphatic heterocycles. The number of benzene rings is 2. The molecule has 0 unspecified atom stereocenters. The average Bonchev–Trinajstić information content (AvgIpc) is 3.19. The molecule has 4 rings (SSSR count). The maximum Gasteiger partial charge on any atom is 0.320 e. The molecule has 1 saturated carbocycles. The van der Waals surface area contributed by atoms with Crippen molar-refractivity contribution in [2.75, 3.05) is 5.32 Å². The van der Waals surface area contributed by atoms with E-state index >= 15 is 0 Å². The van der Waals surface area contributed by atoms with E-state index in [0.29, 0.717) is 5.82 Å². The number of carbonyl (C=O) groups excluding carboxylic acids is 1. The molecule has 1 heterocycles. The third-order valence-corrected chi connectivity index (χ3v) is 5.64. The maximum absolute atomic E-state index is 12.9. The van der Waals surface area contributed by atoms with Gasteiger partial charge in [0.1, 0.15) is 5.54 Å². The number of hydrogen-bond donors (Lipinski definition) is 2. The quantitative estimate of drug-likeness (QED) is 0.697. The summed E-state index contributed by atoms with van der Waals surface area (Å²) in [6, 6.07) is 15.3. The molecule has 29 heavy (non-hydrogen) atoms. The molecule has 1 aliphatic carbocycles. The number of rotatable bonds is 4. The molecule has 0 radical (unpaired) electrons. The van der Waals surface area contributed by atoms with Crippen molar-refractivity contribution < 1.29 is 4.79 Å². The Morgan fingerprint density at radius 2 is 1.66 bits per heavy atom. The van der Waals surface area contributed by atoms with Crippen LogP contribution in [-0.4, -0.2) is 26.2 Å². The molecule has 2 amide bonds. The standard InChI is InChI=1S/C22H26N6O/c1-16-10-9-11-17(2)19(16)28-20(25-26-27-28)22(14-7-4-8-15-22)24-21(29)23-18-12-5-3-6-13-18/h3,5-6,9-13H,4,7-8,14-15H2,1-2H3,(H2,23,24,29). The summed E-state index contributed by atoms with van der Waals surface area (Å²) >= 11 is 0. The van der Waals surface area contributed by atoms with Crippen LogP contribution in [0.4, 0.5) is 10.5 Å². The molecule has 1 fully saturated rings. The van der Waals surface area contributed by atoms with Gasteiger partial charge in [-0.05, 0) is 60.4 Å². The van der Waals surface area contributed by atoms with Gasteiger partial charge < -0.3 is 10.6 Å². The zero-order valence-corrected chi connectivity index (χ0v) is 16.9. The van der Waals surface area contributed by atoms with E-state index in [2.05, 4.69) is 52.1 Å². The Bertz CT molecular complexity index is 971. The molecular weight excluding hydrogens is 364 g/mol. The Labute approximate surface area is 170 Å². The van der Waals surface area contributed by atoms with Crippen LogP contribution in [0.1, 0.15) is 49.1 Å². The molecule has 0 saturated heterocycles. The van der Waals surface area contributed by atoms with Crippen molar-refractivity contribution in [3.8, 4) is 5.69 Å². The lowest BCUT2D eigenvalue weighted by Gasteiger charge is -2.36. The number of nitrogens with zero attached hydrogens (tertiary/aromatic N) is 4. The molecule has 1 aliphatic rings. The summed E-state index contributed by atoms with van der Waals surface area (Å²) in [5.41, 5.74) is 3.32. The smallest absolute Gasteiger partial charge is 0.320 e. The SMILES string of the molecule is Cc1cccc(C)c1-n1nnnc1C1(NC(=O)Nc2ccccc2)CCCCC1. The van der Waals surface area contributed by atoms with Gasteiger partial charge in [0.2, 0.25) is 0 Å². The summed E-state index contributed by atoms with van der Waals surface area (Å²) in [4.78, 5) is 12.9. The van der Waals surface area contributed by atoms with Gasteiger partial charge in [0.05, 0.1) is 5.69 Å². The molecule has 150 valence electrons. The van der Waals surface area contributed by atoms with Crippen LogP contribution in [0.3, 0.4) is 0 Å². The van der Waals surface area contributed by atoms with E-state index in [4.69, 9.17) is 0 Å². The van der Waals surface area contributed by atoms with Crippen molar-refractivity contribution in [1.29, 1.82) is 0 Å². The minimum absolute atomic E-state index is 0.242. The highest BCUT2D eigenvalue weighted by molar-refractivity contribution is 5.89. The van der Waals surface area contributed by atoms with Crippen molar-refractivity contribution >= 4 is 11.7 Å². The summed E-state index contributed by atoms with van der Waals surface area (Å²) in [7, 11) is 0. The Balaban J connectivity index is 1.70. The van der Waals surface area contributed by atoms with Gasteiger partial charge in [-0.25, -0.2) is 4.79 Å². The first-order valence-electron chi connectivity index (χ1n) is 10.1. The highest BCUT2D eigenvalue weighted by atomic mass is 16.2. The molecular formula is C22H26N6O. The van der Waals surface area contributed by atoms with Gasteiger partial charge in [-0.15, -0.1) is 5.10 Å². The number of tetrazole rings is 1. The molecule has 2 aromatic carbocycles. The Kier molecular flexibility index (Phi) is 5.29. The number of amides is 2. The van der Waals surface area contributed by atoms with Gasteiger partial charge in [0.25, 0.3) is 0 Å². The van der Waals surface area contributed by atoms with E-state index < -0.39 is 5.54 Å². The van der Waals surface area contributed by atoms with Gasteiger partial charge in [0, 0.05) is 5.69 Å². The molecule has 1 aromatic heterocycles. The van der Waals surface area contributed by atoms with Crippen molar-refractivity contribution in [3.05, 3.63) is 65.5 Å². The first kappa shape index (κ1) is 19.1. The predicted molar refractivity (Wildman–Crippen MR) is 112 cm³/mol. The number of aryl methyl sites for hydroxylation is 2. The Morgan fingerprint density at radius 3 is 2.34 bits per heavy atom. The fourth-order valence-corrected chi connectivity index (χ4v) is 4.24. The van der Waals surface area contributed by atoms with Gasteiger partial charge in [0.15, 0.2) is 5.82 Å². The zero-order chi connectivity index (χ0) is 20.3. The van der Waals surface area contributed by atoms with Crippen LogP contribution >= 0.6 is 0 Å². The predicted octanol–water partition coefficient (Wildman–Crippen LogP) is 4.26. The maximum atomic E-state index is 12.9. The molecule has 3 aromatic rings. The minimum atomic E-state index is -0.602. The van der Waals surface area contributed by atoms with Crippen LogP contribution in [0.5, 0.6) is 0 Å². The van der Waals surface area contributed by atoms with Crippen LogP contribution in [0.2, 0.25) is 0 Å². The van der Waals surface area contributed by atoms with Gasteiger partial charge in [-0.3, -0.25) is 0 Å². The van der Waals surface area contributed by atoms with Crippen molar-refractivity contribution in [3.63, 3.8) is 0 Å². The van der Waals surface area contributed by atoms with Crippen molar-refractivity contribution in [1.82, 2.24) is 25.5 Å². The number of carbonyl (C=O) groups is 1. The first-order chi connectivity index (χ1) is 14.1. The van der Waals surface area contributed by atoms with E-state index in [9.17, 15) is 4.79 Å². The summed E-state index contributed by atoms with van der Waals surface area (Å²) < 4.78 is 1.80. The van der Waals surface area contributed by atoms with Crippen LogP contribution in [0.25, 0.3) is 5.69 Å². The average molecular weight is 390 g/mol. The molecule has 7 heteroatoms. The second-order valence-electron chi connectivity index (χ2n) is 7.74. The topological polar surface area (TPSA) is 84.7 Å². The molecule has 0 spiro atoms. The molecule has 7 nitrogen and oxygen atoms in total. The van der Waals surface area contributed by atoms with E-state index in [1.807, 2.05) is 36.4 Å². The zero-order valence-electron chi connectivity index (χ0n) is 16.9. The van der Waals surface area contributed by atoms with E-state index in [1.165, 1.54) is 0 Å². The normalized spacial score (nSPS) is 15.7. The largest absolute Gasteiger partial charge is 0.325 e. The van der Waals surface area contributed by atoms with E-state index in [1.54, 1.807) is 4.68 Å².